The lowest BCUT2D eigenvalue weighted by molar-refractivity contribution is -0.0574. The molecule has 1 rings (SSSR count). The Labute approximate surface area is 73.9 Å². The number of hydrogen-bond donors (Lipinski definition) is 2. The highest BCUT2D eigenvalue weighted by atomic mass is 16.3. The van der Waals surface area contributed by atoms with Crippen LogP contribution >= 0.6 is 0 Å². The predicted octanol–water partition coefficient (Wildman–Crippen LogP) is 1.33. The van der Waals surface area contributed by atoms with E-state index in [4.69, 9.17) is 0 Å². The zero-order valence-electron chi connectivity index (χ0n) is 8.20. The van der Waals surface area contributed by atoms with Gasteiger partial charge in [0.2, 0.25) is 0 Å². The molecule has 0 unspecified atom stereocenters. The van der Waals surface area contributed by atoms with Gasteiger partial charge in [-0.05, 0) is 18.3 Å². The average Bonchev–Trinajstić information content (AvgIpc) is 1.99. The molecule has 0 amide bonds. The first kappa shape index (κ1) is 9.75. The van der Waals surface area contributed by atoms with Crippen molar-refractivity contribution in [1.29, 1.82) is 0 Å². The summed E-state index contributed by atoms with van der Waals surface area (Å²) in [6, 6.07) is 0. The molecular formula is C10H18O2. The van der Waals surface area contributed by atoms with Crippen molar-refractivity contribution >= 4 is 0 Å². The van der Waals surface area contributed by atoms with E-state index in [0.717, 1.165) is 5.57 Å². The van der Waals surface area contributed by atoms with Crippen LogP contribution in [0.25, 0.3) is 0 Å². The summed E-state index contributed by atoms with van der Waals surface area (Å²) < 4.78 is 0. The maximum atomic E-state index is 9.70. The molecule has 0 saturated carbocycles. The molecule has 0 heterocycles. The molecule has 0 aromatic carbocycles. The van der Waals surface area contributed by atoms with Crippen LogP contribution in [0, 0.1) is 11.3 Å². The third-order valence-corrected chi connectivity index (χ3v) is 3.32. The van der Waals surface area contributed by atoms with E-state index < -0.39 is 12.2 Å². The Hall–Kier alpha value is -0.340. The number of hydrogen-bond acceptors (Lipinski definition) is 2. The summed E-state index contributed by atoms with van der Waals surface area (Å²) in [6.07, 6.45) is 0.410. The maximum absolute atomic E-state index is 9.70. The van der Waals surface area contributed by atoms with Gasteiger partial charge >= 0.3 is 0 Å². The molecule has 3 atom stereocenters. The molecule has 2 N–H and O–H groups in total. The highest BCUT2D eigenvalue weighted by molar-refractivity contribution is 5.17. The fraction of sp³-hybridized carbons (Fsp3) is 0.800. The smallest absolute Gasteiger partial charge is 0.0988 e. The number of rotatable bonds is 0. The van der Waals surface area contributed by atoms with Crippen LogP contribution in [0.15, 0.2) is 11.6 Å². The second-order valence-electron chi connectivity index (χ2n) is 4.39. The van der Waals surface area contributed by atoms with E-state index in [2.05, 4.69) is 6.92 Å². The molecule has 1 aliphatic rings. The van der Waals surface area contributed by atoms with E-state index in [-0.39, 0.29) is 5.41 Å². The Balaban J connectivity index is 3.00. The van der Waals surface area contributed by atoms with Crippen molar-refractivity contribution in [3.05, 3.63) is 11.6 Å². The molecule has 70 valence electrons. The van der Waals surface area contributed by atoms with Crippen molar-refractivity contribution in [2.45, 2.75) is 39.9 Å². The Bertz CT molecular complexity index is 206. The van der Waals surface area contributed by atoms with Gasteiger partial charge in [0.05, 0.1) is 12.2 Å². The molecule has 2 heteroatoms. The summed E-state index contributed by atoms with van der Waals surface area (Å²) in [5.41, 5.74) is 0.941. The van der Waals surface area contributed by atoms with E-state index in [1.807, 2.05) is 20.8 Å². The zero-order chi connectivity index (χ0) is 9.52. The normalized spacial score (nSPS) is 40.8. The Kier molecular flexibility index (Phi) is 2.32. The van der Waals surface area contributed by atoms with E-state index in [1.165, 1.54) is 0 Å². The number of allylic oxidation sites excluding steroid dienone is 1. The van der Waals surface area contributed by atoms with Gasteiger partial charge in [0.25, 0.3) is 0 Å². The molecule has 12 heavy (non-hydrogen) atoms. The third-order valence-electron chi connectivity index (χ3n) is 3.32. The zero-order valence-corrected chi connectivity index (χ0v) is 8.20. The lowest BCUT2D eigenvalue weighted by Crippen LogP contribution is -2.46. The molecule has 0 aliphatic heterocycles. The fourth-order valence-corrected chi connectivity index (χ4v) is 1.79. The van der Waals surface area contributed by atoms with Gasteiger partial charge in [0.15, 0.2) is 0 Å². The van der Waals surface area contributed by atoms with Crippen molar-refractivity contribution in [2.75, 3.05) is 0 Å². The SMILES string of the molecule is CC1=C[C@H](O)[C@@H](O)C(C)(C)[C@@H]1C. The lowest BCUT2D eigenvalue weighted by atomic mass is 9.67. The fourth-order valence-electron chi connectivity index (χ4n) is 1.79. The largest absolute Gasteiger partial charge is 0.390 e. The number of aliphatic hydroxyl groups excluding tert-OH is 2. The minimum atomic E-state index is -0.698. The molecule has 0 bridgehead atoms. The highest BCUT2D eigenvalue weighted by Crippen LogP contribution is 2.40. The van der Waals surface area contributed by atoms with Gasteiger partial charge in [-0.25, -0.2) is 0 Å². The van der Waals surface area contributed by atoms with Crippen LogP contribution in [0.4, 0.5) is 0 Å². The quantitative estimate of drug-likeness (QED) is 0.538. The number of aliphatic hydroxyl groups is 2. The van der Waals surface area contributed by atoms with Crippen molar-refractivity contribution < 1.29 is 10.2 Å². The van der Waals surface area contributed by atoms with Gasteiger partial charge in [0.1, 0.15) is 0 Å². The molecule has 0 spiro atoms. The molecule has 0 aromatic rings. The third kappa shape index (κ3) is 1.29. The molecule has 1 aliphatic carbocycles. The van der Waals surface area contributed by atoms with Crippen LogP contribution in [0.2, 0.25) is 0 Å². The second-order valence-corrected chi connectivity index (χ2v) is 4.39. The van der Waals surface area contributed by atoms with Gasteiger partial charge in [-0.3, -0.25) is 0 Å². The van der Waals surface area contributed by atoms with Crippen LogP contribution in [-0.4, -0.2) is 22.4 Å². The monoisotopic (exact) mass is 170 g/mol. The first-order valence-electron chi connectivity index (χ1n) is 4.42. The minimum absolute atomic E-state index is 0.224. The average molecular weight is 170 g/mol. The van der Waals surface area contributed by atoms with Crippen LogP contribution < -0.4 is 0 Å². The Morgan fingerprint density at radius 3 is 2.33 bits per heavy atom. The first-order valence-corrected chi connectivity index (χ1v) is 4.42. The molecule has 0 saturated heterocycles. The Morgan fingerprint density at radius 2 is 1.83 bits per heavy atom. The summed E-state index contributed by atoms with van der Waals surface area (Å²) in [7, 11) is 0. The summed E-state index contributed by atoms with van der Waals surface area (Å²) in [5.74, 6) is 0.330. The topological polar surface area (TPSA) is 40.5 Å². The summed E-state index contributed by atoms with van der Waals surface area (Å²) in [4.78, 5) is 0. The van der Waals surface area contributed by atoms with Gasteiger partial charge < -0.3 is 10.2 Å². The molecule has 2 nitrogen and oxygen atoms in total. The Morgan fingerprint density at radius 1 is 1.33 bits per heavy atom. The van der Waals surface area contributed by atoms with E-state index >= 15 is 0 Å². The van der Waals surface area contributed by atoms with E-state index in [1.54, 1.807) is 6.08 Å². The standard InChI is InChI=1S/C10H18O2/c1-6-5-8(11)9(12)10(3,4)7(6)2/h5,7-9,11-12H,1-4H3/t7-,8+,9-/m1/s1. The summed E-state index contributed by atoms with van der Waals surface area (Å²) in [5, 5.41) is 19.2. The van der Waals surface area contributed by atoms with Crippen LogP contribution in [-0.2, 0) is 0 Å². The van der Waals surface area contributed by atoms with Crippen LogP contribution in [0.1, 0.15) is 27.7 Å². The van der Waals surface area contributed by atoms with Crippen molar-refractivity contribution in [2.24, 2.45) is 11.3 Å². The van der Waals surface area contributed by atoms with E-state index in [0.29, 0.717) is 5.92 Å². The van der Waals surface area contributed by atoms with E-state index in [9.17, 15) is 10.2 Å². The van der Waals surface area contributed by atoms with Gasteiger partial charge in [0, 0.05) is 0 Å². The summed E-state index contributed by atoms with van der Waals surface area (Å²) in [6.45, 7) is 8.06. The summed E-state index contributed by atoms with van der Waals surface area (Å²) >= 11 is 0. The first-order chi connectivity index (χ1) is 5.37. The van der Waals surface area contributed by atoms with Crippen molar-refractivity contribution in [1.82, 2.24) is 0 Å². The van der Waals surface area contributed by atoms with Gasteiger partial charge in [-0.1, -0.05) is 32.4 Å². The molecular weight excluding hydrogens is 152 g/mol. The highest BCUT2D eigenvalue weighted by Gasteiger charge is 2.41. The second kappa shape index (κ2) is 2.86. The molecule has 0 radical (unpaired) electrons. The van der Waals surface area contributed by atoms with Crippen molar-refractivity contribution in [3.8, 4) is 0 Å². The molecule has 0 fully saturated rings. The van der Waals surface area contributed by atoms with Crippen molar-refractivity contribution in [3.63, 3.8) is 0 Å². The van der Waals surface area contributed by atoms with Crippen LogP contribution in [0.5, 0.6) is 0 Å². The molecule has 0 aromatic heterocycles. The maximum Gasteiger partial charge on any atom is 0.0988 e. The lowest BCUT2D eigenvalue weighted by Gasteiger charge is -2.42. The van der Waals surface area contributed by atoms with Gasteiger partial charge in [-0.15, -0.1) is 0 Å². The minimum Gasteiger partial charge on any atom is -0.390 e. The van der Waals surface area contributed by atoms with Crippen LogP contribution in [0.3, 0.4) is 0 Å². The predicted molar refractivity (Wildman–Crippen MR) is 48.7 cm³/mol. The van der Waals surface area contributed by atoms with Gasteiger partial charge in [-0.2, -0.15) is 0 Å².